The van der Waals surface area contributed by atoms with Crippen LogP contribution in [0.25, 0.3) is 0 Å². The van der Waals surface area contributed by atoms with E-state index in [2.05, 4.69) is 39.7 Å². The lowest BCUT2D eigenvalue weighted by molar-refractivity contribution is 0.759. The predicted molar refractivity (Wildman–Crippen MR) is 130 cm³/mol. The first-order valence-electron chi connectivity index (χ1n) is 9.31. The summed E-state index contributed by atoms with van der Waals surface area (Å²) in [5.41, 5.74) is 2.21. The second-order valence-electron chi connectivity index (χ2n) is 6.40. The van der Waals surface area contributed by atoms with Gasteiger partial charge in [-0.05, 0) is 31.0 Å². The van der Waals surface area contributed by atoms with E-state index in [0.717, 1.165) is 28.6 Å². The summed E-state index contributed by atoms with van der Waals surface area (Å²) in [5.74, 6) is 0.773. The first-order valence-corrected chi connectivity index (χ1v) is 10.1. The van der Waals surface area contributed by atoms with Gasteiger partial charge in [0.2, 0.25) is 0 Å². The molecular weight excluding hydrogens is 497 g/mol. The van der Waals surface area contributed by atoms with Gasteiger partial charge >= 0.3 is 0 Å². The lowest BCUT2D eigenvalue weighted by Gasteiger charge is -2.10. The minimum atomic E-state index is 0. The summed E-state index contributed by atoms with van der Waals surface area (Å²) in [6, 6.07) is 13.4. The molecule has 6 nitrogen and oxygen atoms in total. The first-order chi connectivity index (χ1) is 13.6. The van der Waals surface area contributed by atoms with Crippen LogP contribution in [-0.2, 0) is 19.6 Å². The lowest BCUT2D eigenvalue weighted by Crippen LogP contribution is -2.36. The summed E-state index contributed by atoms with van der Waals surface area (Å²) in [6.07, 6.45) is 3.69. The van der Waals surface area contributed by atoms with Gasteiger partial charge in [0.05, 0.1) is 19.6 Å². The van der Waals surface area contributed by atoms with E-state index in [1.807, 2.05) is 31.3 Å². The van der Waals surface area contributed by atoms with Gasteiger partial charge in [0.1, 0.15) is 5.01 Å². The molecule has 0 aliphatic carbocycles. The average Bonchev–Trinajstić information content (AvgIpc) is 3.12. The Kier molecular flexibility index (Phi) is 9.33. The van der Waals surface area contributed by atoms with Gasteiger partial charge in [-0.1, -0.05) is 30.3 Å². The molecule has 2 N–H and O–H groups in total. The fourth-order valence-electron chi connectivity index (χ4n) is 2.69. The third-order valence-corrected chi connectivity index (χ3v) is 5.03. The van der Waals surface area contributed by atoms with Crippen molar-refractivity contribution in [3.8, 4) is 0 Å². The summed E-state index contributed by atoms with van der Waals surface area (Å²) >= 11 is 1.68. The average molecular weight is 523 g/mol. The Morgan fingerprint density at radius 3 is 2.55 bits per heavy atom. The van der Waals surface area contributed by atoms with Crippen LogP contribution < -0.4 is 16.2 Å². The van der Waals surface area contributed by atoms with Crippen LogP contribution in [0.1, 0.15) is 27.9 Å². The van der Waals surface area contributed by atoms with Crippen LogP contribution in [0, 0.1) is 6.92 Å². The molecule has 0 aliphatic heterocycles. The molecule has 0 unspecified atom stereocenters. The number of nitrogens with zero attached hydrogens (tertiary/aromatic N) is 3. The zero-order valence-electron chi connectivity index (χ0n) is 16.6. The summed E-state index contributed by atoms with van der Waals surface area (Å²) < 4.78 is 1.70. The van der Waals surface area contributed by atoms with Crippen LogP contribution >= 0.6 is 35.3 Å². The van der Waals surface area contributed by atoms with E-state index in [4.69, 9.17) is 0 Å². The number of halogens is 1. The molecule has 0 spiro atoms. The fourth-order valence-corrected chi connectivity index (χ4v) is 3.42. The van der Waals surface area contributed by atoms with Crippen molar-refractivity contribution in [1.29, 1.82) is 0 Å². The lowest BCUT2D eigenvalue weighted by atomic mass is 10.1. The number of aliphatic imine (C=N–C) groups is 1. The molecule has 0 aliphatic rings. The highest BCUT2D eigenvalue weighted by Crippen LogP contribution is 2.10. The summed E-state index contributed by atoms with van der Waals surface area (Å²) in [6.45, 7) is 6.71. The molecule has 0 radical (unpaired) electrons. The van der Waals surface area contributed by atoms with Crippen molar-refractivity contribution >= 4 is 41.3 Å². The largest absolute Gasteiger partial charge is 0.357 e. The van der Waals surface area contributed by atoms with Crippen LogP contribution in [0.15, 0.2) is 64.6 Å². The van der Waals surface area contributed by atoms with Gasteiger partial charge in [-0.15, -0.1) is 35.3 Å². The molecule has 2 aromatic heterocycles. The summed E-state index contributed by atoms with van der Waals surface area (Å²) in [4.78, 5) is 22.0. The predicted octanol–water partition coefficient (Wildman–Crippen LogP) is 3.53. The van der Waals surface area contributed by atoms with Crippen molar-refractivity contribution in [1.82, 2.24) is 20.2 Å². The highest BCUT2D eigenvalue weighted by Gasteiger charge is 2.02. The van der Waals surface area contributed by atoms with E-state index < -0.39 is 0 Å². The molecular formula is C21H26IN5OS. The first kappa shape index (κ1) is 23.1. The number of benzene rings is 1. The highest BCUT2D eigenvalue weighted by molar-refractivity contribution is 14.0. The Bertz CT molecular complexity index is 981. The van der Waals surface area contributed by atoms with Crippen molar-refractivity contribution in [3.05, 3.63) is 86.2 Å². The third kappa shape index (κ3) is 7.28. The Morgan fingerprint density at radius 1 is 1.14 bits per heavy atom. The molecule has 0 bridgehead atoms. The number of pyridine rings is 1. The van der Waals surface area contributed by atoms with Crippen molar-refractivity contribution in [2.75, 3.05) is 6.54 Å². The summed E-state index contributed by atoms with van der Waals surface area (Å²) in [7, 11) is 0. The van der Waals surface area contributed by atoms with Gasteiger partial charge in [-0.3, -0.25) is 4.79 Å². The maximum atomic E-state index is 11.8. The van der Waals surface area contributed by atoms with Gasteiger partial charge in [0.15, 0.2) is 5.96 Å². The van der Waals surface area contributed by atoms with E-state index in [-0.39, 0.29) is 29.5 Å². The number of guanidine groups is 1. The molecule has 2 heterocycles. The second-order valence-corrected chi connectivity index (χ2v) is 7.72. The molecule has 1 aromatic carbocycles. The Hall–Kier alpha value is -2.20. The summed E-state index contributed by atoms with van der Waals surface area (Å²) in [5, 5.41) is 7.62. The Labute approximate surface area is 192 Å². The van der Waals surface area contributed by atoms with Crippen LogP contribution in [0.3, 0.4) is 0 Å². The van der Waals surface area contributed by atoms with E-state index >= 15 is 0 Å². The van der Waals surface area contributed by atoms with Crippen molar-refractivity contribution in [3.63, 3.8) is 0 Å². The van der Waals surface area contributed by atoms with Gasteiger partial charge in [-0.25, -0.2) is 9.98 Å². The number of thiazole rings is 1. The molecule has 0 saturated carbocycles. The monoisotopic (exact) mass is 523 g/mol. The van der Waals surface area contributed by atoms with Crippen LogP contribution in [0.2, 0.25) is 0 Å². The zero-order valence-corrected chi connectivity index (χ0v) is 19.7. The maximum absolute atomic E-state index is 11.8. The van der Waals surface area contributed by atoms with Gasteiger partial charge in [-0.2, -0.15) is 0 Å². The topological polar surface area (TPSA) is 71.3 Å². The molecule has 3 rings (SSSR count). The van der Waals surface area contributed by atoms with Gasteiger partial charge < -0.3 is 15.2 Å². The minimum Gasteiger partial charge on any atom is -0.357 e. The number of hydrogen-bond acceptors (Lipinski definition) is 4. The van der Waals surface area contributed by atoms with E-state index in [0.29, 0.717) is 19.6 Å². The van der Waals surface area contributed by atoms with Gasteiger partial charge in [0.25, 0.3) is 5.56 Å². The number of rotatable bonds is 7. The number of aryl methyl sites for hydroxylation is 1. The minimum absolute atomic E-state index is 0. The van der Waals surface area contributed by atoms with Crippen LogP contribution in [0.4, 0.5) is 0 Å². The van der Waals surface area contributed by atoms with E-state index in [1.54, 1.807) is 34.2 Å². The molecule has 8 heteroatoms. The van der Waals surface area contributed by atoms with E-state index in [9.17, 15) is 4.79 Å². The molecule has 3 aromatic rings. The van der Waals surface area contributed by atoms with Crippen molar-refractivity contribution in [2.45, 2.75) is 33.5 Å². The Balaban J connectivity index is 0.00000300. The Morgan fingerprint density at radius 2 is 1.90 bits per heavy atom. The van der Waals surface area contributed by atoms with Crippen LogP contribution in [-0.4, -0.2) is 22.1 Å². The standard InChI is InChI=1S/C21H25N5OS.HI/c1-3-22-21(25-14-19-23-12-16(2)28-19)24-13-17-7-9-18(10-8-17)15-26-11-5-4-6-20(26)27;/h4-12H,3,13-15H2,1-2H3,(H2,22,24,25);1H. The molecule has 0 fully saturated rings. The zero-order chi connectivity index (χ0) is 19.8. The number of nitrogens with one attached hydrogen (secondary N) is 2. The van der Waals surface area contributed by atoms with Gasteiger partial charge in [0, 0.05) is 29.9 Å². The molecule has 0 amide bonds. The number of hydrogen-bond donors (Lipinski definition) is 2. The fraction of sp³-hybridized carbons (Fsp3) is 0.286. The van der Waals surface area contributed by atoms with E-state index in [1.165, 1.54) is 4.88 Å². The second kappa shape index (κ2) is 11.7. The van der Waals surface area contributed by atoms with Crippen LogP contribution in [0.5, 0.6) is 0 Å². The molecule has 0 saturated heterocycles. The SMILES string of the molecule is CCNC(=NCc1ccc(Cn2ccccc2=O)cc1)NCc1ncc(C)s1.I. The number of aromatic nitrogens is 2. The smallest absolute Gasteiger partial charge is 0.250 e. The van der Waals surface area contributed by atoms with Crippen molar-refractivity contribution < 1.29 is 0 Å². The molecule has 154 valence electrons. The third-order valence-electron chi connectivity index (χ3n) is 4.12. The quantitative estimate of drug-likeness (QED) is 0.283. The van der Waals surface area contributed by atoms with Crippen molar-refractivity contribution in [2.24, 2.45) is 4.99 Å². The highest BCUT2D eigenvalue weighted by atomic mass is 127. The molecule has 29 heavy (non-hydrogen) atoms. The molecule has 0 atom stereocenters. The normalized spacial score (nSPS) is 11.0. The maximum Gasteiger partial charge on any atom is 0.250 e.